The first-order valence-corrected chi connectivity index (χ1v) is 10.5. The maximum absolute atomic E-state index is 10.2. The molecule has 0 radical (unpaired) electrons. The fraction of sp³-hybridized carbons (Fsp3) is 0.783. The summed E-state index contributed by atoms with van der Waals surface area (Å²) in [4.78, 5) is 0. The van der Waals surface area contributed by atoms with Crippen LogP contribution in [-0.2, 0) is 0 Å². The van der Waals surface area contributed by atoms with E-state index < -0.39 is 12.2 Å². The largest absolute Gasteiger partial charge is 0.392 e. The summed E-state index contributed by atoms with van der Waals surface area (Å²) >= 11 is 0. The van der Waals surface area contributed by atoms with Gasteiger partial charge in [0.25, 0.3) is 0 Å². The lowest BCUT2D eigenvalue weighted by Gasteiger charge is -2.50. The number of nitrogens with one attached hydrogen (secondary N) is 1. The van der Waals surface area contributed by atoms with Crippen molar-refractivity contribution in [2.45, 2.75) is 84.8 Å². The predicted molar refractivity (Wildman–Crippen MR) is 107 cm³/mol. The van der Waals surface area contributed by atoms with Crippen LogP contribution in [0.4, 0.5) is 0 Å². The van der Waals surface area contributed by atoms with Crippen molar-refractivity contribution in [3.05, 3.63) is 23.3 Å². The monoisotopic (exact) mass is 359 g/mol. The van der Waals surface area contributed by atoms with Crippen molar-refractivity contribution >= 4 is 6.21 Å². The molecule has 0 aromatic heterocycles. The Balaban J connectivity index is 1.91. The van der Waals surface area contributed by atoms with Crippen LogP contribution in [0.25, 0.3) is 0 Å². The van der Waals surface area contributed by atoms with Crippen LogP contribution in [-0.4, -0.2) is 28.6 Å². The zero-order valence-electron chi connectivity index (χ0n) is 17.0. The average Bonchev–Trinajstić information content (AvgIpc) is 2.91. The molecule has 3 heteroatoms. The molecule has 0 spiro atoms. The summed E-state index contributed by atoms with van der Waals surface area (Å²) in [5.74, 6) is 1.29. The lowest BCUT2D eigenvalue weighted by atomic mass is 9.53. The van der Waals surface area contributed by atoms with E-state index in [4.69, 9.17) is 5.41 Å². The van der Waals surface area contributed by atoms with E-state index in [9.17, 15) is 10.2 Å². The minimum atomic E-state index is -0.450. The fourth-order valence-electron chi connectivity index (χ4n) is 6.36. The number of hydrogen-bond acceptors (Lipinski definition) is 3. The first-order valence-electron chi connectivity index (χ1n) is 10.5. The lowest BCUT2D eigenvalue weighted by Crippen LogP contribution is -2.45. The van der Waals surface area contributed by atoms with Gasteiger partial charge in [-0.05, 0) is 62.2 Å². The second-order valence-electron chi connectivity index (χ2n) is 9.69. The third-order valence-electron chi connectivity index (χ3n) is 8.13. The molecule has 0 amide bonds. The Morgan fingerprint density at radius 1 is 1.12 bits per heavy atom. The highest BCUT2D eigenvalue weighted by atomic mass is 16.3. The van der Waals surface area contributed by atoms with Crippen molar-refractivity contribution < 1.29 is 10.2 Å². The number of hydrogen-bond donors (Lipinski definition) is 3. The van der Waals surface area contributed by atoms with Gasteiger partial charge in [0.2, 0.25) is 0 Å². The van der Waals surface area contributed by atoms with E-state index in [0.29, 0.717) is 24.7 Å². The minimum absolute atomic E-state index is 0.0488. The maximum Gasteiger partial charge on any atom is 0.0627 e. The van der Waals surface area contributed by atoms with E-state index in [2.05, 4.69) is 32.9 Å². The van der Waals surface area contributed by atoms with E-state index in [1.165, 1.54) is 24.8 Å². The molecule has 0 aliphatic heterocycles. The Morgan fingerprint density at radius 3 is 2.35 bits per heavy atom. The van der Waals surface area contributed by atoms with Crippen molar-refractivity contribution in [1.29, 1.82) is 5.41 Å². The molecule has 26 heavy (non-hydrogen) atoms. The van der Waals surface area contributed by atoms with Gasteiger partial charge in [-0.15, -0.1) is 0 Å². The van der Waals surface area contributed by atoms with Crippen LogP contribution in [0.2, 0.25) is 0 Å². The van der Waals surface area contributed by atoms with Crippen molar-refractivity contribution in [2.75, 3.05) is 0 Å². The molecule has 3 rings (SSSR count). The van der Waals surface area contributed by atoms with Gasteiger partial charge in [0.05, 0.1) is 12.2 Å². The molecule has 3 saturated carbocycles. The predicted octanol–water partition coefficient (Wildman–Crippen LogP) is 4.88. The number of rotatable bonds is 3. The topological polar surface area (TPSA) is 64.3 Å². The van der Waals surface area contributed by atoms with Crippen LogP contribution < -0.4 is 0 Å². The van der Waals surface area contributed by atoms with Crippen LogP contribution in [0, 0.1) is 34.0 Å². The molecule has 3 aliphatic rings. The highest BCUT2D eigenvalue weighted by Crippen LogP contribution is 2.66. The molecule has 146 valence electrons. The summed E-state index contributed by atoms with van der Waals surface area (Å²) in [5.41, 5.74) is 2.63. The normalized spacial score (nSPS) is 45.0. The molecule has 3 aliphatic carbocycles. The summed E-state index contributed by atoms with van der Waals surface area (Å²) in [7, 11) is 0. The molecule has 3 N–H and O–H groups in total. The number of aliphatic hydroxyl groups is 2. The molecule has 0 aromatic carbocycles. The Morgan fingerprint density at radius 2 is 1.77 bits per heavy atom. The quantitative estimate of drug-likeness (QED) is 0.629. The van der Waals surface area contributed by atoms with Crippen molar-refractivity contribution in [3.63, 3.8) is 0 Å². The van der Waals surface area contributed by atoms with Gasteiger partial charge in [-0.1, -0.05) is 51.0 Å². The van der Waals surface area contributed by atoms with Gasteiger partial charge < -0.3 is 15.6 Å². The van der Waals surface area contributed by atoms with Crippen molar-refractivity contribution in [2.24, 2.45) is 28.6 Å². The van der Waals surface area contributed by atoms with Crippen LogP contribution >= 0.6 is 0 Å². The van der Waals surface area contributed by atoms with E-state index in [0.717, 1.165) is 18.4 Å². The molecule has 0 bridgehead atoms. The second kappa shape index (κ2) is 7.24. The molecular formula is C23H37NO2. The fourth-order valence-corrected chi connectivity index (χ4v) is 6.36. The Labute approximate surface area is 159 Å². The summed E-state index contributed by atoms with van der Waals surface area (Å²) in [6.07, 6.45) is 12.4. The standard InChI is InChI=1S/C23H37NO2/c1-15(2)19-9-11-23(14-24)18(6-5-10-22(19,23)4)8-7-17-12-20(25)16(3)21(26)13-17/h7-8,14-16,19-21,24-26H,5-6,9-13H2,1-4H3/b17-7?,18-8+,24-14?/t16?,19-,20-,21-,22-,23-/m1/s1. The highest BCUT2D eigenvalue weighted by Gasteiger charge is 2.59. The van der Waals surface area contributed by atoms with E-state index in [-0.39, 0.29) is 16.7 Å². The van der Waals surface area contributed by atoms with Gasteiger partial charge in [-0.2, -0.15) is 0 Å². The van der Waals surface area contributed by atoms with Crippen molar-refractivity contribution in [1.82, 2.24) is 0 Å². The first kappa shape index (κ1) is 19.8. The van der Waals surface area contributed by atoms with Gasteiger partial charge in [-0.25, -0.2) is 0 Å². The third kappa shape index (κ3) is 3.01. The summed E-state index contributed by atoms with van der Waals surface area (Å²) in [6.45, 7) is 9.02. The molecule has 0 saturated heterocycles. The zero-order valence-corrected chi connectivity index (χ0v) is 17.0. The smallest absolute Gasteiger partial charge is 0.0627 e. The van der Waals surface area contributed by atoms with Gasteiger partial charge in [0.15, 0.2) is 0 Å². The second-order valence-corrected chi connectivity index (χ2v) is 9.69. The molecular weight excluding hydrogens is 322 g/mol. The molecule has 0 heterocycles. The van der Waals surface area contributed by atoms with Crippen molar-refractivity contribution in [3.8, 4) is 0 Å². The van der Waals surface area contributed by atoms with Crippen LogP contribution in [0.3, 0.4) is 0 Å². The minimum Gasteiger partial charge on any atom is -0.392 e. The van der Waals surface area contributed by atoms with Gasteiger partial charge in [0.1, 0.15) is 0 Å². The number of allylic oxidation sites excluding steroid dienone is 3. The molecule has 3 fully saturated rings. The highest BCUT2D eigenvalue weighted by molar-refractivity contribution is 5.71. The van der Waals surface area contributed by atoms with E-state index in [1.54, 1.807) is 6.21 Å². The maximum atomic E-state index is 10.2. The number of aliphatic hydroxyl groups excluding tert-OH is 2. The summed E-state index contributed by atoms with van der Waals surface area (Å²) in [6, 6.07) is 0. The van der Waals surface area contributed by atoms with Gasteiger partial charge in [0, 0.05) is 17.5 Å². The van der Waals surface area contributed by atoms with Crippen LogP contribution in [0.1, 0.15) is 72.6 Å². The van der Waals surface area contributed by atoms with E-state index in [1.807, 2.05) is 6.92 Å². The lowest BCUT2D eigenvalue weighted by molar-refractivity contribution is 0.00406. The average molecular weight is 360 g/mol. The van der Waals surface area contributed by atoms with E-state index >= 15 is 0 Å². The van der Waals surface area contributed by atoms with Gasteiger partial charge >= 0.3 is 0 Å². The Kier molecular flexibility index (Phi) is 5.52. The SMILES string of the molecule is CC1[C@H](O)CC(=C/C=C2\CCC[C@]3(C)[C@@H](C(C)C)CC[C@@]23C=N)C[C@H]1O. The summed E-state index contributed by atoms with van der Waals surface area (Å²) in [5, 5.41) is 28.7. The molecule has 3 nitrogen and oxygen atoms in total. The molecule has 0 unspecified atom stereocenters. The van der Waals surface area contributed by atoms with Crippen LogP contribution in [0.5, 0.6) is 0 Å². The number of fused-ring (bicyclic) bond motifs is 1. The Bertz CT molecular complexity index is 593. The first-order chi connectivity index (χ1) is 12.2. The van der Waals surface area contributed by atoms with Crippen LogP contribution in [0.15, 0.2) is 23.3 Å². The molecule has 5 atom stereocenters. The van der Waals surface area contributed by atoms with Gasteiger partial charge in [-0.3, -0.25) is 0 Å². The zero-order chi connectivity index (χ0) is 19.1. The molecule has 0 aromatic rings. The summed E-state index contributed by atoms with van der Waals surface area (Å²) < 4.78 is 0. The Hall–Kier alpha value is -0.930. The third-order valence-corrected chi connectivity index (χ3v) is 8.13.